The first kappa shape index (κ1) is 14.6. The molecule has 0 saturated heterocycles. The lowest BCUT2D eigenvalue weighted by molar-refractivity contribution is 0.460. The van der Waals surface area contributed by atoms with Gasteiger partial charge in [0.05, 0.1) is 0 Å². The van der Waals surface area contributed by atoms with Crippen molar-refractivity contribution in [2.24, 2.45) is 0 Å². The Morgan fingerprint density at radius 3 is 2.45 bits per heavy atom. The average Bonchev–Trinajstić information content (AvgIpc) is 2.48. The van der Waals surface area contributed by atoms with Gasteiger partial charge in [-0.25, -0.2) is 8.78 Å². The molecule has 1 aromatic carbocycles. The molecule has 0 radical (unpaired) electrons. The predicted molar refractivity (Wildman–Crippen MR) is 75.5 cm³/mol. The Hall–Kier alpha value is -1.81. The maximum Gasteiger partial charge on any atom is 0.163 e. The summed E-state index contributed by atoms with van der Waals surface area (Å²) in [6, 6.07) is 6.92. The molecule has 1 heterocycles. The van der Waals surface area contributed by atoms with E-state index in [0.717, 1.165) is 12.0 Å². The zero-order chi connectivity index (χ0) is 14.5. The molecule has 106 valence electrons. The maximum atomic E-state index is 14.0. The maximum absolute atomic E-state index is 14.0. The topological polar surface area (TPSA) is 24.9 Å². The first-order valence-corrected chi connectivity index (χ1v) is 6.64. The third kappa shape index (κ3) is 3.20. The van der Waals surface area contributed by atoms with Crippen LogP contribution >= 0.6 is 0 Å². The number of rotatable bonds is 5. The van der Waals surface area contributed by atoms with Crippen LogP contribution in [0.2, 0.25) is 0 Å². The highest BCUT2D eigenvalue weighted by Crippen LogP contribution is 2.24. The number of aromatic nitrogens is 1. The highest BCUT2D eigenvalue weighted by molar-refractivity contribution is 5.28. The number of halogens is 2. The van der Waals surface area contributed by atoms with Gasteiger partial charge in [-0.15, -0.1) is 0 Å². The van der Waals surface area contributed by atoms with Crippen molar-refractivity contribution < 1.29 is 8.78 Å². The minimum Gasteiger partial charge on any atom is -0.313 e. The van der Waals surface area contributed by atoms with Crippen molar-refractivity contribution in [1.82, 2.24) is 10.3 Å². The van der Waals surface area contributed by atoms with Crippen molar-refractivity contribution in [3.63, 3.8) is 0 Å². The molecule has 0 saturated carbocycles. The summed E-state index contributed by atoms with van der Waals surface area (Å²) in [4.78, 5) is 3.96. The zero-order valence-corrected chi connectivity index (χ0v) is 11.7. The SMILES string of the molecule is CNC(CCc1ccncc1)c1ccc(C)c(F)c1F. The molecule has 1 unspecified atom stereocenters. The quantitative estimate of drug-likeness (QED) is 0.903. The van der Waals surface area contributed by atoms with E-state index < -0.39 is 11.6 Å². The normalized spacial score (nSPS) is 12.4. The summed E-state index contributed by atoms with van der Waals surface area (Å²) in [5, 5.41) is 3.05. The van der Waals surface area contributed by atoms with E-state index in [4.69, 9.17) is 0 Å². The summed E-state index contributed by atoms with van der Waals surface area (Å²) in [7, 11) is 1.76. The van der Waals surface area contributed by atoms with E-state index in [0.29, 0.717) is 17.5 Å². The summed E-state index contributed by atoms with van der Waals surface area (Å²) in [5.41, 5.74) is 1.84. The summed E-state index contributed by atoms with van der Waals surface area (Å²) in [6.07, 6.45) is 4.94. The van der Waals surface area contributed by atoms with E-state index in [2.05, 4.69) is 10.3 Å². The molecule has 0 aliphatic rings. The van der Waals surface area contributed by atoms with Crippen molar-refractivity contribution in [2.75, 3.05) is 7.05 Å². The van der Waals surface area contributed by atoms with Crippen LogP contribution in [0.1, 0.15) is 29.2 Å². The van der Waals surface area contributed by atoms with Gasteiger partial charge >= 0.3 is 0 Å². The van der Waals surface area contributed by atoms with Crippen LogP contribution in [-0.4, -0.2) is 12.0 Å². The number of hydrogen-bond acceptors (Lipinski definition) is 2. The Balaban J connectivity index is 2.15. The van der Waals surface area contributed by atoms with Crippen LogP contribution in [-0.2, 0) is 6.42 Å². The molecule has 0 amide bonds. The van der Waals surface area contributed by atoms with Gasteiger partial charge in [0.25, 0.3) is 0 Å². The van der Waals surface area contributed by atoms with Crippen LogP contribution in [0, 0.1) is 18.6 Å². The highest BCUT2D eigenvalue weighted by atomic mass is 19.2. The molecule has 2 aromatic rings. The molecule has 2 rings (SSSR count). The molecule has 20 heavy (non-hydrogen) atoms. The molecule has 0 spiro atoms. The molecule has 0 aliphatic carbocycles. The number of pyridine rings is 1. The molecular formula is C16H18F2N2. The van der Waals surface area contributed by atoms with Gasteiger partial charge in [0.1, 0.15) is 0 Å². The fourth-order valence-corrected chi connectivity index (χ4v) is 2.25. The van der Waals surface area contributed by atoms with Gasteiger partial charge in [-0.3, -0.25) is 4.98 Å². The minimum atomic E-state index is -0.758. The van der Waals surface area contributed by atoms with Gasteiger partial charge < -0.3 is 5.32 Å². The van der Waals surface area contributed by atoms with Crippen LogP contribution in [0.4, 0.5) is 8.78 Å². The fourth-order valence-electron chi connectivity index (χ4n) is 2.25. The van der Waals surface area contributed by atoms with Crippen LogP contribution in [0.25, 0.3) is 0 Å². The smallest absolute Gasteiger partial charge is 0.163 e. The highest BCUT2D eigenvalue weighted by Gasteiger charge is 2.18. The zero-order valence-electron chi connectivity index (χ0n) is 11.7. The van der Waals surface area contributed by atoms with Crippen molar-refractivity contribution >= 4 is 0 Å². The number of nitrogens with one attached hydrogen (secondary N) is 1. The van der Waals surface area contributed by atoms with Crippen molar-refractivity contribution in [2.45, 2.75) is 25.8 Å². The van der Waals surface area contributed by atoms with E-state index >= 15 is 0 Å². The minimum absolute atomic E-state index is 0.210. The Morgan fingerprint density at radius 1 is 1.10 bits per heavy atom. The van der Waals surface area contributed by atoms with E-state index in [1.165, 1.54) is 0 Å². The van der Waals surface area contributed by atoms with E-state index in [1.807, 2.05) is 12.1 Å². The summed E-state index contributed by atoms with van der Waals surface area (Å²) >= 11 is 0. The molecular weight excluding hydrogens is 258 g/mol. The molecule has 4 heteroatoms. The molecule has 0 fully saturated rings. The van der Waals surface area contributed by atoms with Gasteiger partial charge in [0.15, 0.2) is 11.6 Å². The number of benzene rings is 1. The standard InChI is InChI=1S/C16H18F2N2/c1-11-3-5-13(16(18)15(11)17)14(19-2)6-4-12-7-9-20-10-8-12/h3,5,7-10,14,19H,4,6H2,1-2H3. The van der Waals surface area contributed by atoms with Crippen molar-refractivity contribution in [1.29, 1.82) is 0 Å². The van der Waals surface area contributed by atoms with Gasteiger partial charge in [0, 0.05) is 24.0 Å². The van der Waals surface area contributed by atoms with Gasteiger partial charge in [-0.1, -0.05) is 12.1 Å². The second kappa shape index (κ2) is 6.57. The molecule has 1 aromatic heterocycles. The van der Waals surface area contributed by atoms with Crippen LogP contribution in [0.15, 0.2) is 36.7 Å². The largest absolute Gasteiger partial charge is 0.313 e. The number of hydrogen-bond donors (Lipinski definition) is 1. The Labute approximate surface area is 117 Å². The molecule has 0 bridgehead atoms. The summed E-state index contributed by atoms with van der Waals surface area (Å²) in [6.45, 7) is 1.56. The Kier molecular flexibility index (Phi) is 4.79. The lowest BCUT2D eigenvalue weighted by atomic mass is 9.98. The summed E-state index contributed by atoms with van der Waals surface area (Å²) < 4.78 is 27.6. The van der Waals surface area contributed by atoms with Gasteiger partial charge in [-0.2, -0.15) is 0 Å². The Bertz CT molecular complexity index is 570. The second-order valence-corrected chi connectivity index (χ2v) is 4.84. The van der Waals surface area contributed by atoms with E-state index in [1.54, 1.807) is 38.5 Å². The molecule has 1 atom stereocenters. The monoisotopic (exact) mass is 276 g/mol. The third-order valence-electron chi connectivity index (χ3n) is 3.50. The van der Waals surface area contributed by atoms with Crippen LogP contribution < -0.4 is 5.32 Å². The van der Waals surface area contributed by atoms with Gasteiger partial charge in [0.2, 0.25) is 0 Å². The average molecular weight is 276 g/mol. The first-order valence-electron chi connectivity index (χ1n) is 6.64. The van der Waals surface area contributed by atoms with Crippen LogP contribution in [0.5, 0.6) is 0 Å². The molecule has 1 N–H and O–H groups in total. The lowest BCUT2D eigenvalue weighted by Gasteiger charge is -2.18. The van der Waals surface area contributed by atoms with Crippen molar-refractivity contribution in [3.8, 4) is 0 Å². The van der Waals surface area contributed by atoms with E-state index in [-0.39, 0.29) is 6.04 Å². The third-order valence-corrected chi connectivity index (χ3v) is 3.50. The molecule has 2 nitrogen and oxygen atoms in total. The second-order valence-electron chi connectivity index (χ2n) is 4.84. The number of nitrogens with zero attached hydrogens (tertiary/aromatic N) is 1. The fraction of sp³-hybridized carbons (Fsp3) is 0.312. The summed E-state index contributed by atoms with van der Waals surface area (Å²) in [5.74, 6) is -1.51. The first-order chi connectivity index (χ1) is 9.63. The number of aryl methyl sites for hydroxylation is 2. The Morgan fingerprint density at radius 2 is 1.80 bits per heavy atom. The van der Waals surface area contributed by atoms with E-state index in [9.17, 15) is 8.78 Å². The predicted octanol–water partition coefficient (Wildman–Crippen LogP) is 3.56. The van der Waals surface area contributed by atoms with Gasteiger partial charge in [-0.05, 0) is 50.1 Å². The van der Waals surface area contributed by atoms with Crippen LogP contribution in [0.3, 0.4) is 0 Å². The lowest BCUT2D eigenvalue weighted by Crippen LogP contribution is -2.19. The molecule has 0 aliphatic heterocycles. The van der Waals surface area contributed by atoms with Crippen molar-refractivity contribution in [3.05, 3.63) is 65.0 Å².